The second kappa shape index (κ2) is 6.90. The summed E-state index contributed by atoms with van der Waals surface area (Å²) in [7, 11) is 0. The molecule has 0 saturated heterocycles. The number of hydrogen-bond donors (Lipinski definition) is 0. The molecule has 2 aromatic heterocycles. The molecular formula is C19H23N3O. The van der Waals surface area contributed by atoms with Gasteiger partial charge in [-0.2, -0.15) is 0 Å². The number of unbranched alkanes of at least 4 members (excludes halogenated alkanes) is 2. The molecule has 23 heavy (non-hydrogen) atoms. The van der Waals surface area contributed by atoms with Crippen molar-refractivity contribution in [3.05, 3.63) is 41.9 Å². The lowest BCUT2D eigenvalue weighted by molar-refractivity contribution is 0.111. The number of nitrogens with zero attached hydrogens (tertiary/aromatic N) is 3. The predicted octanol–water partition coefficient (Wildman–Crippen LogP) is 4.73. The summed E-state index contributed by atoms with van der Waals surface area (Å²) in [5, 5.41) is 0. The molecule has 4 nitrogen and oxygen atoms in total. The maximum absolute atomic E-state index is 11.0. The van der Waals surface area contributed by atoms with E-state index in [-0.39, 0.29) is 0 Å². The molecule has 0 saturated carbocycles. The summed E-state index contributed by atoms with van der Waals surface area (Å²) >= 11 is 0. The Balaban J connectivity index is 2.06. The highest BCUT2D eigenvalue weighted by Crippen LogP contribution is 2.30. The number of carbonyl (C=O) groups is 1. The summed E-state index contributed by atoms with van der Waals surface area (Å²) in [5.41, 5.74) is 3.25. The first kappa shape index (κ1) is 15.7. The number of aldehydes is 1. The smallest absolute Gasteiger partial charge is 0.178 e. The van der Waals surface area contributed by atoms with E-state index < -0.39 is 0 Å². The summed E-state index contributed by atoms with van der Waals surface area (Å²) in [4.78, 5) is 20.1. The minimum absolute atomic E-state index is 0.361. The molecule has 1 atom stereocenters. The zero-order valence-electron chi connectivity index (χ0n) is 13.8. The Labute approximate surface area is 136 Å². The number of fused-ring (bicyclic) bond motifs is 1. The quantitative estimate of drug-likeness (QED) is 0.549. The van der Waals surface area contributed by atoms with Crippen molar-refractivity contribution in [2.75, 3.05) is 0 Å². The summed E-state index contributed by atoms with van der Waals surface area (Å²) in [5.74, 6) is 0.966. The Morgan fingerprint density at radius 3 is 2.87 bits per heavy atom. The second-order valence-corrected chi connectivity index (χ2v) is 6.14. The molecule has 1 aliphatic carbocycles. The molecule has 0 N–H and O–H groups in total. The molecule has 0 aromatic carbocycles. The Morgan fingerprint density at radius 2 is 2.17 bits per heavy atom. The largest absolute Gasteiger partial charge is 0.320 e. The molecule has 1 aliphatic rings. The SMILES string of the molecule is CCCCCC(C)n1c(C2=CCC=C2)nc2nc(C=O)ccc21. The fraction of sp³-hybridized carbons (Fsp3) is 0.421. The van der Waals surface area contributed by atoms with E-state index in [1.807, 2.05) is 6.07 Å². The Morgan fingerprint density at radius 1 is 1.30 bits per heavy atom. The van der Waals surface area contributed by atoms with Crippen LogP contribution < -0.4 is 0 Å². The molecule has 0 aliphatic heterocycles. The molecular weight excluding hydrogens is 286 g/mol. The number of rotatable bonds is 7. The van der Waals surface area contributed by atoms with Gasteiger partial charge in [0.2, 0.25) is 0 Å². The van der Waals surface area contributed by atoms with Gasteiger partial charge in [-0.15, -0.1) is 0 Å². The van der Waals surface area contributed by atoms with Crippen molar-refractivity contribution in [3.63, 3.8) is 0 Å². The number of hydrogen-bond acceptors (Lipinski definition) is 3. The molecule has 3 rings (SSSR count). The topological polar surface area (TPSA) is 47.8 Å². The molecule has 0 bridgehead atoms. The summed E-state index contributed by atoms with van der Waals surface area (Å²) in [6.07, 6.45) is 13.0. The summed E-state index contributed by atoms with van der Waals surface area (Å²) < 4.78 is 2.29. The van der Waals surface area contributed by atoms with Gasteiger partial charge in [0.15, 0.2) is 11.9 Å². The lowest BCUT2D eigenvalue weighted by atomic mass is 10.1. The first-order valence-corrected chi connectivity index (χ1v) is 8.45. The minimum atomic E-state index is 0.361. The van der Waals surface area contributed by atoms with Crippen LogP contribution in [0.1, 0.15) is 68.3 Å². The number of carbonyl (C=O) groups excluding carboxylic acids is 1. The Kier molecular flexibility index (Phi) is 4.70. The van der Waals surface area contributed by atoms with Crippen LogP contribution in [0.25, 0.3) is 16.7 Å². The normalized spacial score (nSPS) is 15.1. The van der Waals surface area contributed by atoms with Gasteiger partial charge in [0, 0.05) is 11.6 Å². The molecule has 4 heteroatoms. The number of allylic oxidation sites excluding steroid dienone is 4. The van der Waals surface area contributed by atoms with Gasteiger partial charge in [0.25, 0.3) is 0 Å². The van der Waals surface area contributed by atoms with Gasteiger partial charge in [-0.3, -0.25) is 4.79 Å². The highest BCUT2D eigenvalue weighted by atomic mass is 16.1. The van der Waals surface area contributed by atoms with E-state index in [2.05, 4.69) is 41.6 Å². The fourth-order valence-electron chi connectivity index (χ4n) is 3.15. The molecule has 2 aromatic rings. The molecule has 0 fully saturated rings. The third kappa shape index (κ3) is 3.11. The molecule has 2 heterocycles. The van der Waals surface area contributed by atoms with E-state index in [1.165, 1.54) is 19.3 Å². The lowest BCUT2D eigenvalue weighted by Crippen LogP contribution is -2.09. The fourth-order valence-corrected chi connectivity index (χ4v) is 3.15. The first-order chi connectivity index (χ1) is 11.2. The van der Waals surface area contributed by atoms with Crippen LogP contribution in [0.5, 0.6) is 0 Å². The highest BCUT2D eigenvalue weighted by molar-refractivity contribution is 5.83. The van der Waals surface area contributed by atoms with E-state index in [0.29, 0.717) is 17.4 Å². The van der Waals surface area contributed by atoms with Crippen molar-refractivity contribution in [2.45, 2.75) is 52.0 Å². The average molecular weight is 309 g/mol. The maximum Gasteiger partial charge on any atom is 0.178 e. The second-order valence-electron chi connectivity index (χ2n) is 6.14. The predicted molar refractivity (Wildman–Crippen MR) is 93.5 cm³/mol. The van der Waals surface area contributed by atoms with Crippen LogP contribution in [0.15, 0.2) is 30.4 Å². The van der Waals surface area contributed by atoms with Gasteiger partial charge in [0.1, 0.15) is 11.5 Å². The van der Waals surface area contributed by atoms with Crippen LogP contribution in [-0.4, -0.2) is 20.8 Å². The van der Waals surface area contributed by atoms with Crippen LogP contribution in [0.2, 0.25) is 0 Å². The van der Waals surface area contributed by atoms with Crippen molar-refractivity contribution in [3.8, 4) is 0 Å². The van der Waals surface area contributed by atoms with Crippen molar-refractivity contribution in [2.24, 2.45) is 0 Å². The van der Waals surface area contributed by atoms with Gasteiger partial charge >= 0.3 is 0 Å². The lowest BCUT2D eigenvalue weighted by Gasteiger charge is -2.17. The van der Waals surface area contributed by atoms with Crippen molar-refractivity contribution < 1.29 is 4.79 Å². The van der Waals surface area contributed by atoms with Crippen LogP contribution in [0, 0.1) is 0 Å². The molecule has 0 spiro atoms. The Hall–Kier alpha value is -2.23. The molecule has 0 amide bonds. The standard InChI is InChI=1S/C19H23N3O/c1-3-4-5-8-14(2)22-17-12-11-16(13-23)20-18(17)21-19(22)15-9-6-7-10-15/h6,9-14H,3-5,7-8H2,1-2H3. The Bertz CT molecular complexity index is 770. The van der Waals surface area contributed by atoms with Crippen LogP contribution in [0.4, 0.5) is 0 Å². The molecule has 1 unspecified atom stereocenters. The summed E-state index contributed by atoms with van der Waals surface area (Å²) in [6, 6.07) is 4.10. The minimum Gasteiger partial charge on any atom is -0.320 e. The maximum atomic E-state index is 11.0. The molecule has 120 valence electrons. The molecule has 0 radical (unpaired) electrons. The van der Waals surface area contributed by atoms with E-state index in [4.69, 9.17) is 4.98 Å². The van der Waals surface area contributed by atoms with Crippen molar-refractivity contribution >= 4 is 23.0 Å². The van der Waals surface area contributed by atoms with Crippen LogP contribution in [0.3, 0.4) is 0 Å². The van der Waals surface area contributed by atoms with E-state index in [0.717, 1.165) is 36.0 Å². The van der Waals surface area contributed by atoms with E-state index >= 15 is 0 Å². The van der Waals surface area contributed by atoms with Crippen LogP contribution in [-0.2, 0) is 0 Å². The third-order valence-corrected chi connectivity index (χ3v) is 4.39. The zero-order valence-corrected chi connectivity index (χ0v) is 13.8. The third-order valence-electron chi connectivity index (χ3n) is 4.39. The van der Waals surface area contributed by atoms with Crippen molar-refractivity contribution in [1.82, 2.24) is 14.5 Å². The van der Waals surface area contributed by atoms with E-state index in [9.17, 15) is 4.79 Å². The monoisotopic (exact) mass is 309 g/mol. The van der Waals surface area contributed by atoms with E-state index in [1.54, 1.807) is 6.07 Å². The van der Waals surface area contributed by atoms with Gasteiger partial charge in [-0.05, 0) is 31.9 Å². The van der Waals surface area contributed by atoms with Gasteiger partial charge in [0.05, 0.1) is 5.52 Å². The number of imidazole rings is 1. The van der Waals surface area contributed by atoms with Crippen molar-refractivity contribution in [1.29, 1.82) is 0 Å². The number of aromatic nitrogens is 3. The van der Waals surface area contributed by atoms with Gasteiger partial charge in [-0.1, -0.05) is 44.4 Å². The van der Waals surface area contributed by atoms with Gasteiger partial charge in [-0.25, -0.2) is 9.97 Å². The van der Waals surface area contributed by atoms with Crippen LogP contribution >= 0.6 is 0 Å². The highest BCUT2D eigenvalue weighted by Gasteiger charge is 2.19. The number of pyridine rings is 1. The average Bonchev–Trinajstić information content (AvgIpc) is 3.21. The summed E-state index contributed by atoms with van der Waals surface area (Å²) in [6.45, 7) is 4.47. The van der Waals surface area contributed by atoms with Gasteiger partial charge < -0.3 is 4.57 Å². The first-order valence-electron chi connectivity index (χ1n) is 8.45. The zero-order chi connectivity index (χ0) is 16.2.